The third kappa shape index (κ3) is 2.17. The fourth-order valence-corrected chi connectivity index (χ4v) is 3.32. The highest BCUT2D eigenvalue weighted by molar-refractivity contribution is 7.13. The molecule has 0 bridgehead atoms. The van der Waals surface area contributed by atoms with Gasteiger partial charge in [0, 0.05) is 16.5 Å². The van der Waals surface area contributed by atoms with Crippen LogP contribution in [0.1, 0.15) is 5.56 Å². The topological polar surface area (TPSA) is 31.4 Å². The smallest absolute Gasteiger partial charge is 0.231 e. The first-order valence-corrected chi connectivity index (χ1v) is 7.61. The molecule has 0 amide bonds. The van der Waals surface area contributed by atoms with Crippen LogP contribution in [0.25, 0.3) is 21.8 Å². The third-order valence-corrected chi connectivity index (χ3v) is 4.42. The van der Waals surface area contributed by atoms with Gasteiger partial charge in [-0.1, -0.05) is 24.3 Å². The Kier molecular flexibility index (Phi) is 2.89. The number of ether oxygens (including phenoxy) is 2. The Hall–Kier alpha value is -2.33. The molecule has 0 unspecified atom stereocenters. The van der Waals surface area contributed by atoms with Gasteiger partial charge in [0.1, 0.15) is 5.01 Å². The summed E-state index contributed by atoms with van der Waals surface area (Å²) in [4.78, 5) is 4.76. The van der Waals surface area contributed by atoms with Crippen molar-refractivity contribution in [2.75, 3.05) is 6.79 Å². The van der Waals surface area contributed by atoms with Crippen molar-refractivity contribution in [3.8, 4) is 33.3 Å². The van der Waals surface area contributed by atoms with Crippen LogP contribution in [0, 0.1) is 6.92 Å². The van der Waals surface area contributed by atoms with Crippen LogP contribution in [0.3, 0.4) is 0 Å². The lowest BCUT2D eigenvalue weighted by molar-refractivity contribution is 0.174. The molecule has 2 aromatic carbocycles. The van der Waals surface area contributed by atoms with E-state index in [0.29, 0.717) is 6.79 Å². The van der Waals surface area contributed by atoms with Crippen LogP contribution in [0.2, 0.25) is 0 Å². The predicted molar refractivity (Wildman–Crippen MR) is 83.8 cm³/mol. The van der Waals surface area contributed by atoms with Gasteiger partial charge in [0.25, 0.3) is 0 Å². The lowest BCUT2D eigenvalue weighted by atomic mass is 10.1. The summed E-state index contributed by atoms with van der Waals surface area (Å²) >= 11 is 1.66. The van der Waals surface area contributed by atoms with Gasteiger partial charge in [-0.05, 0) is 30.7 Å². The summed E-state index contributed by atoms with van der Waals surface area (Å²) in [6.07, 6.45) is 0. The maximum Gasteiger partial charge on any atom is 0.231 e. The summed E-state index contributed by atoms with van der Waals surface area (Å²) in [6.45, 7) is 2.40. The number of benzene rings is 2. The zero-order chi connectivity index (χ0) is 14.2. The number of fused-ring (bicyclic) bond motifs is 1. The van der Waals surface area contributed by atoms with Crippen LogP contribution >= 0.6 is 11.3 Å². The molecular formula is C17H13NO2S. The maximum absolute atomic E-state index is 5.42. The van der Waals surface area contributed by atoms with E-state index in [2.05, 4.69) is 24.4 Å². The Labute approximate surface area is 126 Å². The molecule has 0 saturated carbocycles. The summed E-state index contributed by atoms with van der Waals surface area (Å²) in [5, 5.41) is 3.13. The van der Waals surface area contributed by atoms with Crippen molar-refractivity contribution in [1.29, 1.82) is 0 Å². The van der Waals surface area contributed by atoms with E-state index >= 15 is 0 Å². The van der Waals surface area contributed by atoms with Gasteiger partial charge in [0.15, 0.2) is 11.5 Å². The molecule has 0 saturated heterocycles. The minimum Gasteiger partial charge on any atom is -0.454 e. The van der Waals surface area contributed by atoms with Gasteiger partial charge in [-0.3, -0.25) is 0 Å². The van der Waals surface area contributed by atoms with Crippen molar-refractivity contribution < 1.29 is 9.47 Å². The Balaban J connectivity index is 1.73. The molecule has 0 N–H and O–H groups in total. The SMILES string of the molecule is Cc1ccccc1-c1nc(-c2ccc3c(c2)OCO3)cs1. The minimum absolute atomic E-state index is 0.296. The average Bonchev–Trinajstić information content (AvgIpc) is 3.16. The molecular weight excluding hydrogens is 282 g/mol. The molecule has 104 valence electrons. The van der Waals surface area contributed by atoms with E-state index in [9.17, 15) is 0 Å². The normalized spacial score (nSPS) is 12.6. The van der Waals surface area contributed by atoms with Crippen molar-refractivity contribution in [2.45, 2.75) is 6.92 Å². The van der Waals surface area contributed by atoms with E-state index in [4.69, 9.17) is 14.5 Å². The number of hydrogen-bond acceptors (Lipinski definition) is 4. The van der Waals surface area contributed by atoms with Crippen LogP contribution in [0.4, 0.5) is 0 Å². The number of nitrogens with zero attached hydrogens (tertiary/aromatic N) is 1. The number of hydrogen-bond donors (Lipinski definition) is 0. The quantitative estimate of drug-likeness (QED) is 0.697. The Bertz CT molecular complexity index is 810. The second-order valence-electron chi connectivity index (χ2n) is 4.92. The molecule has 3 nitrogen and oxygen atoms in total. The fourth-order valence-electron chi connectivity index (χ4n) is 2.40. The van der Waals surface area contributed by atoms with E-state index in [0.717, 1.165) is 27.8 Å². The second kappa shape index (κ2) is 4.90. The lowest BCUT2D eigenvalue weighted by Crippen LogP contribution is -1.92. The number of thiazole rings is 1. The minimum atomic E-state index is 0.296. The highest BCUT2D eigenvalue weighted by Gasteiger charge is 2.15. The molecule has 1 aliphatic rings. The molecule has 0 aliphatic carbocycles. The van der Waals surface area contributed by atoms with E-state index in [1.165, 1.54) is 11.1 Å². The molecule has 1 aliphatic heterocycles. The molecule has 0 radical (unpaired) electrons. The average molecular weight is 295 g/mol. The van der Waals surface area contributed by atoms with E-state index < -0.39 is 0 Å². The van der Waals surface area contributed by atoms with Crippen molar-refractivity contribution in [3.05, 3.63) is 53.4 Å². The Morgan fingerprint density at radius 3 is 2.81 bits per heavy atom. The highest BCUT2D eigenvalue weighted by atomic mass is 32.1. The number of aryl methyl sites for hydroxylation is 1. The largest absolute Gasteiger partial charge is 0.454 e. The zero-order valence-electron chi connectivity index (χ0n) is 11.5. The molecule has 0 atom stereocenters. The number of rotatable bonds is 2. The second-order valence-corrected chi connectivity index (χ2v) is 5.78. The van der Waals surface area contributed by atoms with Gasteiger partial charge in [0.2, 0.25) is 6.79 Å². The standard InChI is InChI=1S/C17H13NO2S/c1-11-4-2-3-5-13(11)17-18-14(9-21-17)12-6-7-15-16(8-12)20-10-19-15/h2-9H,10H2,1H3. The van der Waals surface area contributed by atoms with Crippen LogP contribution in [-0.4, -0.2) is 11.8 Å². The monoisotopic (exact) mass is 295 g/mol. The molecule has 2 heterocycles. The van der Waals surface area contributed by atoms with Crippen LogP contribution in [0.15, 0.2) is 47.8 Å². The molecule has 21 heavy (non-hydrogen) atoms. The summed E-state index contributed by atoms with van der Waals surface area (Å²) in [7, 11) is 0. The lowest BCUT2D eigenvalue weighted by Gasteiger charge is -2.01. The Morgan fingerprint density at radius 2 is 1.90 bits per heavy atom. The Morgan fingerprint density at radius 1 is 1.05 bits per heavy atom. The van der Waals surface area contributed by atoms with Crippen molar-refractivity contribution in [1.82, 2.24) is 4.98 Å². The van der Waals surface area contributed by atoms with Gasteiger partial charge in [-0.15, -0.1) is 11.3 Å². The van der Waals surface area contributed by atoms with Crippen LogP contribution < -0.4 is 9.47 Å². The van der Waals surface area contributed by atoms with E-state index in [1.54, 1.807) is 11.3 Å². The molecule has 0 fully saturated rings. The summed E-state index contributed by atoms with van der Waals surface area (Å²) in [6, 6.07) is 14.2. The molecule has 3 aromatic rings. The molecule has 4 rings (SSSR count). The summed E-state index contributed by atoms with van der Waals surface area (Å²) in [5.41, 5.74) is 4.45. The van der Waals surface area contributed by atoms with E-state index in [1.807, 2.05) is 30.3 Å². The van der Waals surface area contributed by atoms with Gasteiger partial charge >= 0.3 is 0 Å². The molecule has 0 spiro atoms. The number of aromatic nitrogens is 1. The van der Waals surface area contributed by atoms with E-state index in [-0.39, 0.29) is 0 Å². The van der Waals surface area contributed by atoms with Crippen molar-refractivity contribution >= 4 is 11.3 Å². The maximum atomic E-state index is 5.42. The third-order valence-electron chi connectivity index (χ3n) is 3.55. The van der Waals surface area contributed by atoms with Gasteiger partial charge in [0.05, 0.1) is 5.69 Å². The van der Waals surface area contributed by atoms with Crippen LogP contribution in [-0.2, 0) is 0 Å². The first kappa shape index (κ1) is 12.4. The zero-order valence-corrected chi connectivity index (χ0v) is 12.3. The van der Waals surface area contributed by atoms with Crippen LogP contribution in [0.5, 0.6) is 11.5 Å². The summed E-state index contributed by atoms with van der Waals surface area (Å²) < 4.78 is 10.8. The molecule has 4 heteroatoms. The first-order chi connectivity index (χ1) is 10.3. The van der Waals surface area contributed by atoms with Gasteiger partial charge < -0.3 is 9.47 Å². The first-order valence-electron chi connectivity index (χ1n) is 6.73. The van der Waals surface area contributed by atoms with Crippen molar-refractivity contribution in [2.24, 2.45) is 0 Å². The highest BCUT2D eigenvalue weighted by Crippen LogP contribution is 2.37. The van der Waals surface area contributed by atoms with Gasteiger partial charge in [-0.25, -0.2) is 4.98 Å². The van der Waals surface area contributed by atoms with Crippen molar-refractivity contribution in [3.63, 3.8) is 0 Å². The summed E-state index contributed by atoms with van der Waals surface area (Å²) in [5.74, 6) is 1.59. The predicted octanol–water partition coefficient (Wildman–Crippen LogP) is 4.51. The molecule has 1 aromatic heterocycles. The fraction of sp³-hybridized carbons (Fsp3) is 0.118. The van der Waals surface area contributed by atoms with Gasteiger partial charge in [-0.2, -0.15) is 0 Å².